The molecule has 0 amide bonds. The predicted octanol–water partition coefficient (Wildman–Crippen LogP) is -0.402. The number of nitrogens with one attached hydrogen (secondary N) is 2. The summed E-state index contributed by atoms with van der Waals surface area (Å²) in [5.74, 6) is 0. The highest BCUT2D eigenvalue weighted by Gasteiger charge is 2.37. The smallest absolute Gasteiger partial charge is 0.260 e. The quantitative estimate of drug-likeness (QED) is 0.790. The first-order valence-electron chi connectivity index (χ1n) is 7.04. The lowest BCUT2D eigenvalue weighted by Crippen LogP contribution is -2.52. The largest absolute Gasteiger partial charge is 0.316 e. The van der Waals surface area contributed by atoms with Gasteiger partial charge in [-0.2, -0.15) is 9.40 Å². The predicted molar refractivity (Wildman–Crippen MR) is 74.7 cm³/mol. The fourth-order valence-corrected chi connectivity index (χ4v) is 4.72. The van der Waals surface area contributed by atoms with Crippen LogP contribution < -0.4 is 5.32 Å². The molecule has 8 heteroatoms. The number of H-pyrrole nitrogens is 1. The SMILES string of the molecule is CNCc1cn[nH]c1S(=O)(=O)N1CCN2CCCC2C1. The summed E-state index contributed by atoms with van der Waals surface area (Å²) >= 11 is 0. The molecule has 0 spiro atoms. The zero-order chi connectivity index (χ0) is 14.2. The van der Waals surface area contributed by atoms with Crippen LogP contribution in [-0.4, -0.2) is 67.1 Å². The van der Waals surface area contributed by atoms with E-state index in [0.717, 1.165) is 19.5 Å². The van der Waals surface area contributed by atoms with Crippen molar-refractivity contribution in [2.45, 2.75) is 30.5 Å². The number of nitrogens with zero attached hydrogens (tertiary/aromatic N) is 3. The van der Waals surface area contributed by atoms with Crippen LogP contribution in [0.25, 0.3) is 0 Å². The zero-order valence-electron chi connectivity index (χ0n) is 11.7. The summed E-state index contributed by atoms with van der Waals surface area (Å²) in [6.45, 7) is 3.60. The number of rotatable bonds is 4. The summed E-state index contributed by atoms with van der Waals surface area (Å²) in [6.07, 6.45) is 3.85. The highest BCUT2D eigenvalue weighted by atomic mass is 32.2. The Morgan fingerprint density at radius 1 is 1.45 bits per heavy atom. The molecule has 2 fully saturated rings. The first-order valence-corrected chi connectivity index (χ1v) is 8.48. The van der Waals surface area contributed by atoms with Gasteiger partial charge in [-0.1, -0.05) is 0 Å². The van der Waals surface area contributed by atoms with E-state index in [4.69, 9.17) is 0 Å². The summed E-state index contributed by atoms with van der Waals surface area (Å²) in [7, 11) is -1.67. The molecule has 0 saturated carbocycles. The Labute approximate surface area is 119 Å². The van der Waals surface area contributed by atoms with Crippen molar-refractivity contribution in [3.8, 4) is 0 Å². The molecule has 112 valence electrons. The van der Waals surface area contributed by atoms with Crippen molar-refractivity contribution in [3.05, 3.63) is 11.8 Å². The molecule has 1 atom stereocenters. The van der Waals surface area contributed by atoms with E-state index in [-0.39, 0.29) is 5.03 Å². The molecule has 20 heavy (non-hydrogen) atoms. The molecule has 7 nitrogen and oxygen atoms in total. The van der Waals surface area contributed by atoms with Crippen molar-refractivity contribution in [1.29, 1.82) is 0 Å². The standard InChI is InChI=1S/C12H21N5O2S/c1-13-7-10-8-14-15-12(10)20(18,19)17-6-5-16-4-2-3-11(16)9-17/h8,11,13H,2-7,9H2,1H3,(H,14,15). The Morgan fingerprint density at radius 3 is 3.10 bits per heavy atom. The van der Waals surface area contributed by atoms with E-state index < -0.39 is 10.0 Å². The van der Waals surface area contributed by atoms with E-state index in [9.17, 15) is 8.42 Å². The van der Waals surface area contributed by atoms with Crippen molar-refractivity contribution in [3.63, 3.8) is 0 Å². The van der Waals surface area contributed by atoms with Crippen LogP contribution in [0.2, 0.25) is 0 Å². The van der Waals surface area contributed by atoms with Crippen LogP contribution in [-0.2, 0) is 16.6 Å². The monoisotopic (exact) mass is 299 g/mol. The second-order valence-electron chi connectivity index (χ2n) is 5.45. The van der Waals surface area contributed by atoms with Gasteiger partial charge in [0.2, 0.25) is 0 Å². The Hall–Kier alpha value is -0.960. The lowest BCUT2D eigenvalue weighted by Gasteiger charge is -2.36. The lowest BCUT2D eigenvalue weighted by atomic mass is 10.2. The van der Waals surface area contributed by atoms with Crippen LogP contribution in [0.3, 0.4) is 0 Å². The molecular weight excluding hydrogens is 278 g/mol. The van der Waals surface area contributed by atoms with Crippen LogP contribution in [0.5, 0.6) is 0 Å². The Balaban J connectivity index is 1.82. The summed E-state index contributed by atoms with van der Waals surface area (Å²) < 4.78 is 27.1. The number of sulfonamides is 1. The molecule has 2 N–H and O–H groups in total. The fraction of sp³-hybridized carbons (Fsp3) is 0.750. The van der Waals surface area contributed by atoms with Gasteiger partial charge in [0, 0.05) is 37.8 Å². The highest BCUT2D eigenvalue weighted by molar-refractivity contribution is 7.89. The summed E-state index contributed by atoms with van der Waals surface area (Å²) in [4.78, 5) is 2.40. The van der Waals surface area contributed by atoms with Gasteiger partial charge in [0.25, 0.3) is 10.0 Å². The maximum Gasteiger partial charge on any atom is 0.260 e. The number of aromatic nitrogens is 2. The second-order valence-corrected chi connectivity index (χ2v) is 7.32. The van der Waals surface area contributed by atoms with Crippen molar-refractivity contribution in [2.75, 3.05) is 33.2 Å². The average Bonchev–Trinajstić information content (AvgIpc) is 3.06. The van der Waals surface area contributed by atoms with Gasteiger partial charge in [-0.25, -0.2) is 8.42 Å². The third-order valence-corrected chi connectivity index (χ3v) is 6.07. The minimum atomic E-state index is -3.46. The number of piperazine rings is 1. The molecule has 3 rings (SSSR count). The Bertz CT molecular complexity index is 570. The molecule has 1 aromatic rings. The van der Waals surface area contributed by atoms with Crippen molar-refractivity contribution >= 4 is 10.0 Å². The van der Waals surface area contributed by atoms with E-state index in [2.05, 4.69) is 20.4 Å². The average molecular weight is 299 g/mol. The van der Waals surface area contributed by atoms with Crippen molar-refractivity contribution < 1.29 is 8.42 Å². The van der Waals surface area contributed by atoms with Gasteiger partial charge in [-0.15, -0.1) is 0 Å². The van der Waals surface area contributed by atoms with Crippen LogP contribution >= 0.6 is 0 Å². The Kier molecular flexibility index (Phi) is 3.80. The van der Waals surface area contributed by atoms with Crippen molar-refractivity contribution in [1.82, 2.24) is 24.7 Å². The molecule has 0 aromatic carbocycles. The number of hydrogen-bond acceptors (Lipinski definition) is 5. The molecular formula is C12H21N5O2S. The zero-order valence-corrected chi connectivity index (χ0v) is 12.5. The molecule has 2 saturated heterocycles. The molecule has 1 aromatic heterocycles. The van der Waals surface area contributed by atoms with Crippen LogP contribution in [0.15, 0.2) is 11.2 Å². The van der Waals surface area contributed by atoms with Crippen LogP contribution in [0.1, 0.15) is 18.4 Å². The molecule has 2 aliphatic heterocycles. The normalized spacial score (nSPS) is 24.9. The lowest BCUT2D eigenvalue weighted by molar-refractivity contribution is 0.158. The molecule has 1 unspecified atom stereocenters. The van der Waals surface area contributed by atoms with Crippen molar-refractivity contribution in [2.24, 2.45) is 0 Å². The topological polar surface area (TPSA) is 81.3 Å². The van der Waals surface area contributed by atoms with Crippen LogP contribution in [0.4, 0.5) is 0 Å². The summed E-state index contributed by atoms with van der Waals surface area (Å²) in [6, 6.07) is 0.384. The van der Waals surface area contributed by atoms with E-state index >= 15 is 0 Å². The van der Waals surface area contributed by atoms with Gasteiger partial charge in [0.05, 0.1) is 6.20 Å². The fourth-order valence-electron chi connectivity index (χ4n) is 3.15. The molecule has 0 bridgehead atoms. The van der Waals surface area contributed by atoms with E-state index in [1.165, 1.54) is 6.42 Å². The minimum absolute atomic E-state index is 0.235. The van der Waals surface area contributed by atoms with E-state index in [1.807, 2.05) is 0 Å². The third-order valence-electron chi connectivity index (χ3n) is 4.19. The number of hydrogen-bond donors (Lipinski definition) is 2. The summed E-state index contributed by atoms with van der Waals surface area (Å²) in [5, 5.41) is 9.75. The molecule has 3 heterocycles. The number of aromatic amines is 1. The van der Waals surface area contributed by atoms with Gasteiger partial charge >= 0.3 is 0 Å². The molecule has 0 aliphatic carbocycles. The van der Waals surface area contributed by atoms with Gasteiger partial charge in [-0.3, -0.25) is 10.00 Å². The second kappa shape index (κ2) is 5.44. The van der Waals surface area contributed by atoms with Gasteiger partial charge in [-0.05, 0) is 26.4 Å². The maximum absolute atomic E-state index is 12.7. The number of fused-ring (bicyclic) bond motifs is 1. The van der Waals surface area contributed by atoms with Gasteiger partial charge < -0.3 is 5.32 Å². The summed E-state index contributed by atoms with van der Waals surface area (Å²) in [5.41, 5.74) is 0.696. The molecule has 2 aliphatic rings. The minimum Gasteiger partial charge on any atom is -0.316 e. The van der Waals surface area contributed by atoms with Gasteiger partial charge in [0.15, 0.2) is 5.03 Å². The third kappa shape index (κ3) is 2.37. The van der Waals surface area contributed by atoms with Crippen LogP contribution in [0, 0.1) is 0 Å². The Morgan fingerprint density at radius 2 is 2.30 bits per heavy atom. The first kappa shape index (κ1) is 14.0. The first-order chi connectivity index (χ1) is 9.63. The van der Waals surface area contributed by atoms with E-state index in [0.29, 0.717) is 31.2 Å². The van der Waals surface area contributed by atoms with Gasteiger partial charge in [0.1, 0.15) is 0 Å². The molecule has 0 radical (unpaired) electrons. The maximum atomic E-state index is 12.7. The highest BCUT2D eigenvalue weighted by Crippen LogP contribution is 2.26. The van der Waals surface area contributed by atoms with E-state index in [1.54, 1.807) is 17.5 Å².